The molecule has 3 nitrogen and oxygen atoms in total. The number of aromatic nitrogens is 1. The highest BCUT2D eigenvalue weighted by Gasteiger charge is 2.14. The third-order valence-corrected chi connectivity index (χ3v) is 4.80. The largest absolute Gasteiger partial charge is 0.388 e. The van der Waals surface area contributed by atoms with E-state index in [1.54, 1.807) is 6.20 Å². The number of nitrogens with one attached hydrogen (secondary N) is 1. The zero-order chi connectivity index (χ0) is 19.2. The molecule has 0 saturated carbocycles. The normalized spacial score (nSPS) is 13.1. The lowest BCUT2D eigenvalue weighted by molar-refractivity contribution is 0.157. The van der Waals surface area contributed by atoms with Gasteiger partial charge < -0.3 is 10.4 Å². The molecule has 3 aromatic rings. The van der Waals surface area contributed by atoms with E-state index in [1.165, 1.54) is 23.1 Å². The number of nitrogens with zero attached hydrogens (tertiary/aromatic N) is 1. The topological polar surface area (TPSA) is 45.1 Å². The minimum Gasteiger partial charge on any atom is -0.388 e. The molecule has 2 atom stereocenters. The van der Waals surface area contributed by atoms with Gasteiger partial charge >= 0.3 is 0 Å². The van der Waals surface area contributed by atoms with Crippen molar-refractivity contribution in [3.8, 4) is 0 Å². The summed E-state index contributed by atoms with van der Waals surface area (Å²) in [5.74, 6) is -1.33. The monoisotopic (exact) mass is 406 g/mol. The van der Waals surface area contributed by atoms with Crippen molar-refractivity contribution in [3.63, 3.8) is 0 Å². The quantitative estimate of drug-likeness (QED) is 0.532. The van der Waals surface area contributed by atoms with Crippen LogP contribution in [0, 0.1) is 11.6 Å². The molecule has 150 valence electrons. The molecule has 0 saturated heterocycles. The average molecular weight is 407 g/mol. The first-order valence-electron chi connectivity index (χ1n) is 9.22. The molecule has 1 aromatic heterocycles. The van der Waals surface area contributed by atoms with Crippen LogP contribution in [-0.4, -0.2) is 16.1 Å². The number of hydrogen-bond donors (Lipinski definition) is 2. The SMILES string of the molecule is C[C@H](CCCC(O)c1ccc(F)cc1F)NCc1ccc2cnccc2c1.Cl. The standard InChI is InChI=1S/C22H24F2N2O.ClH/c1-15(3-2-4-22(27)20-8-7-19(23)12-21(20)24)26-13-16-5-6-18-14-25-10-9-17(18)11-16;/h5-12,14-15,22,26-27H,2-4,13H2,1H3;1H/t15-,22?;/m1./s1. The molecule has 0 fully saturated rings. The van der Waals surface area contributed by atoms with Gasteiger partial charge in [0, 0.05) is 42.0 Å². The summed E-state index contributed by atoms with van der Waals surface area (Å²) in [7, 11) is 0. The molecule has 0 radical (unpaired) electrons. The zero-order valence-electron chi connectivity index (χ0n) is 15.7. The first kappa shape index (κ1) is 22.2. The second-order valence-corrected chi connectivity index (χ2v) is 6.95. The summed E-state index contributed by atoms with van der Waals surface area (Å²) in [4.78, 5) is 4.12. The molecule has 28 heavy (non-hydrogen) atoms. The Hall–Kier alpha value is -2.08. The predicted octanol–water partition coefficient (Wildman–Crippen LogP) is 5.32. The van der Waals surface area contributed by atoms with Crippen molar-refractivity contribution in [2.75, 3.05) is 0 Å². The first-order valence-corrected chi connectivity index (χ1v) is 9.22. The van der Waals surface area contributed by atoms with Crippen molar-refractivity contribution >= 4 is 23.2 Å². The van der Waals surface area contributed by atoms with Gasteiger partial charge in [0.2, 0.25) is 0 Å². The maximum atomic E-state index is 13.7. The molecule has 0 aliphatic heterocycles. The van der Waals surface area contributed by atoms with E-state index in [1.807, 2.05) is 12.3 Å². The maximum absolute atomic E-state index is 13.7. The van der Waals surface area contributed by atoms with Crippen molar-refractivity contribution in [2.45, 2.75) is 44.9 Å². The van der Waals surface area contributed by atoms with Crippen LogP contribution in [0.5, 0.6) is 0 Å². The van der Waals surface area contributed by atoms with Crippen LogP contribution in [0.3, 0.4) is 0 Å². The van der Waals surface area contributed by atoms with E-state index < -0.39 is 17.7 Å². The Morgan fingerprint density at radius 2 is 1.86 bits per heavy atom. The van der Waals surface area contributed by atoms with Crippen LogP contribution in [0.2, 0.25) is 0 Å². The number of aliphatic hydroxyl groups is 1. The molecular formula is C22H25ClF2N2O. The summed E-state index contributed by atoms with van der Waals surface area (Å²) < 4.78 is 26.6. The van der Waals surface area contributed by atoms with Gasteiger partial charge in [-0.3, -0.25) is 4.98 Å². The molecule has 0 bridgehead atoms. The van der Waals surface area contributed by atoms with E-state index in [-0.39, 0.29) is 24.0 Å². The Kier molecular flexibility index (Phi) is 8.30. The Balaban J connectivity index is 0.00000280. The molecule has 0 spiro atoms. The highest BCUT2D eigenvalue weighted by Crippen LogP contribution is 2.23. The molecule has 6 heteroatoms. The van der Waals surface area contributed by atoms with E-state index in [0.29, 0.717) is 6.42 Å². The fraction of sp³-hybridized carbons (Fsp3) is 0.318. The molecular weight excluding hydrogens is 382 g/mol. The van der Waals surface area contributed by atoms with E-state index in [4.69, 9.17) is 0 Å². The molecule has 0 aliphatic carbocycles. The Morgan fingerprint density at radius 3 is 2.64 bits per heavy atom. The first-order chi connectivity index (χ1) is 13.0. The zero-order valence-corrected chi connectivity index (χ0v) is 16.6. The van der Waals surface area contributed by atoms with Crippen molar-refractivity contribution in [2.24, 2.45) is 0 Å². The van der Waals surface area contributed by atoms with Crippen molar-refractivity contribution in [1.82, 2.24) is 10.3 Å². The van der Waals surface area contributed by atoms with Crippen molar-refractivity contribution in [1.29, 1.82) is 0 Å². The van der Waals surface area contributed by atoms with Crippen LogP contribution in [0.15, 0.2) is 54.9 Å². The lowest BCUT2D eigenvalue weighted by Gasteiger charge is -2.16. The summed E-state index contributed by atoms with van der Waals surface area (Å²) in [6, 6.07) is 11.9. The number of benzene rings is 2. The van der Waals surface area contributed by atoms with E-state index in [0.717, 1.165) is 30.8 Å². The number of halogens is 3. The van der Waals surface area contributed by atoms with Crippen LogP contribution in [0.4, 0.5) is 8.78 Å². The number of rotatable bonds is 8. The number of fused-ring (bicyclic) bond motifs is 1. The second kappa shape index (κ2) is 10.5. The highest BCUT2D eigenvalue weighted by molar-refractivity contribution is 5.85. The van der Waals surface area contributed by atoms with Gasteiger partial charge in [0.1, 0.15) is 11.6 Å². The summed E-state index contributed by atoms with van der Waals surface area (Å²) in [6.45, 7) is 2.85. The average Bonchev–Trinajstić information content (AvgIpc) is 2.66. The summed E-state index contributed by atoms with van der Waals surface area (Å²) in [5.41, 5.74) is 1.36. The Bertz CT molecular complexity index is 907. The van der Waals surface area contributed by atoms with E-state index in [2.05, 4.69) is 35.4 Å². The summed E-state index contributed by atoms with van der Waals surface area (Å²) in [6.07, 6.45) is 4.78. The van der Waals surface area contributed by atoms with Gasteiger partial charge in [-0.2, -0.15) is 0 Å². The van der Waals surface area contributed by atoms with Gasteiger partial charge in [0.05, 0.1) is 6.10 Å². The smallest absolute Gasteiger partial charge is 0.131 e. The molecule has 1 heterocycles. The fourth-order valence-corrected chi connectivity index (χ4v) is 3.18. The Labute approximate surface area is 170 Å². The predicted molar refractivity (Wildman–Crippen MR) is 110 cm³/mol. The van der Waals surface area contributed by atoms with Gasteiger partial charge in [-0.05, 0) is 55.3 Å². The minimum absolute atomic E-state index is 0. The van der Waals surface area contributed by atoms with Gasteiger partial charge in [-0.25, -0.2) is 8.78 Å². The van der Waals surface area contributed by atoms with Crippen LogP contribution in [-0.2, 0) is 6.54 Å². The van der Waals surface area contributed by atoms with Crippen molar-refractivity contribution in [3.05, 3.63) is 77.6 Å². The number of hydrogen-bond acceptors (Lipinski definition) is 3. The van der Waals surface area contributed by atoms with Crippen LogP contribution in [0.25, 0.3) is 10.8 Å². The maximum Gasteiger partial charge on any atom is 0.131 e. The number of aliphatic hydroxyl groups excluding tert-OH is 1. The molecule has 1 unspecified atom stereocenters. The fourth-order valence-electron chi connectivity index (χ4n) is 3.18. The van der Waals surface area contributed by atoms with Crippen LogP contribution >= 0.6 is 12.4 Å². The van der Waals surface area contributed by atoms with Crippen LogP contribution in [0.1, 0.15) is 43.4 Å². The van der Waals surface area contributed by atoms with E-state index >= 15 is 0 Å². The highest BCUT2D eigenvalue weighted by atomic mass is 35.5. The van der Waals surface area contributed by atoms with E-state index in [9.17, 15) is 13.9 Å². The molecule has 0 amide bonds. The number of pyridine rings is 1. The summed E-state index contributed by atoms with van der Waals surface area (Å²) >= 11 is 0. The molecule has 3 rings (SSSR count). The van der Waals surface area contributed by atoms with Gasteiger partial charge in [-0.1, -0.05) is 18.2 Å². The third-order valence-electron chi connectivity index (χ3n) is 4.80. The molecule has 0 aliphatic rings. The Morgan fingerprint density at radius 1 is 1.04 bits per heavy atom. The minimum atomic E-state index is -0.910. The lowest BCUT2D eigenvalue weighted by atomic mass is 10.0. The lowest BCUT2D eigenvalue weighted by Crippen LogP contribution is -2.25. The van der Waals surface area contributed by atoms with Crippen LogP contribution < -0.4 is 5.32 Å². The molecule has 2 aromatic carbocycles. The molecule has 2 N–H and O–H groups in total. The van der Waals surface area contributed by atoms with Gasteiger partial charge in [0.25, 0.3) is 0 Å². The van der Waals surface area contributed by atoms with Crippen molar-refractivity contribution < 1.29 is 13.9 Å². The third kappa shape index (κ3) is 5.96. The second-order valence-electron chi connectivity index (χ2n) is 6.95. The summed E-state index contributed by atoms with van der Waals surface area (Å²) in [5, 5.41) is 15.9. The van der Waals surface area contributed by atoms with Gasteiger partial charge in [-0.15, -0.1) is 12.4 Å². The van der Waals surface area contributed by atoms with Gasteiger partial charge in [0.15, 0.2) is 0 Å².